The van der Waals surface area contributed by atoms with Gasteiger partial charge in [-0.3, -0.25) is 10.0 Å². The number of rotatable bonds is 12. The first-order valence-corrected chi connectivity index (χ1v) is 10.9. The molecule has 0 bridgehead atoms. The highest BCUT2D eigenvalue weighted by atomic mass is 35.6. The van der Waals surface area contributed by atoms with Gasteiger partial charge in [-0.25, -0.2) is 0 Å². The van der Waals surface area contributed by atoms with Gasteiger partial charge in [0.15, 0.2) is 0 Å². The summed E-state index contributed by atoms with van der Waals surface area (Å²) in [5, 5.41) is 2.46. The molecule has 0 rings (SSSR count). The first kappa shape index (κ1) is 17.6. The van der Waals surface area contributed by atoms with Crippen LogP contribution in [0.4, 0.5) is 0 Å². The first-order valence-electron chi connectivity index (χ1n) is 7.51. The normalized spacial score (nSPS) is 10.5. The maximum Gasteiger partial charge on any atom is 0.399 e. The third kappa shape index (κ3) is 12.8. The minimum atomic E-state index is -0.886. The number of unbranched alkanes of at least 4 members (excludes halogenated alkanes) is 6. The molecule has 0 aromatic carbocycles. The highest BCUT2D eigenvalue weighted by Gasteiger charge is 2.11. The molecule has 0 aromatic rings. The van der Waals surface area contributed by atoms with Crippen molar-refractivity contribution in [1.82, 2.24) is 0 Å². The molecule has 100 valence electrons. The molecule has 0 N–H and O–H groups in total. The molecule has 0 nitrogen and oxygen atoms in total. The van der Waals surface area contributed by atoms with Crippen LogP contribution in [0.25, 0.3) is 0 Å². The van der Waals surface area contributed by atoms with E-state index in [9.17, 15) is 0 Å². The SMILES string of the molecule is C=C(CCCCCCCCC)C[CH2][Al]([Cl])[CH2]C. The second-order valence-corrected chi connectivity index (χ2v) is 9.61. The summed E-state index contributed by atoms with van der Waals surface area (Å²) >= 11 is -0.886. The van der Waals surface area contributed by atoms with E-state index in [0.717, 1.165) is 0 Å². The van der Waals surface area contributed by atoms with Crippen LogP contribution in [0.3, 0.4) is 0 Å². The van der Waals surface area contributed by atoms with E-state index in [1.54, 1.807) is 0 Å². The fourth-order valence-electron chi connectivity index (χ4n) is 2.02. The van der Waals surface area contributed by atoms with Gasteiger partial charge in [0.2, 0.25) is 0 Å². The molecule has 0 heterocycles. The molecule has 0 atom stereocenters. The van der Waals surface area contributed by atoms with Crippen LogP contribution in [0, 0.1) is 0 Å². The molecule has 0 amide bonds. The number of halogens is 1. The molecule has 0 aromatic heterocycles. The lowest BCUT2D eigenvalue weighted by Gasteiger charge is -2.06. The fraction of sp³-hybridized carbons (Fsp3) is 0.867. The average molecular weight is 273 g/mol. The number of hydrogen-bond acceptors (Lipinski definition) is 0. The van der Waals surface area contributed by atoms with Crippen LogP contribution in [0.1, 0.15) is 71.6 Å². The first-order chi connectivity index (χ1) is 8.20. The predicted molar refractivity (Wildman–Crippen MR) is 83.3 cm³/mol. The van der Waals surface area contributed by atoms with E-state index in [2.05, 4.69) is 20.4 Å². The van der Waals surface area contributed by atoms with Crippen molar-refractivity contribution < 1.29 is 0 Å². The summed E-state index contributed by atoms with van der Waals surface area (Å²) < 4.78 is 0. The van der Waals surface area contributed by atoms with Gasteiger partial charge in [-0.1, -0.05) is 75.1 Å². The lowest BCUT2D eigenvalue weighted by molar-refractivity contribution is 0.586. The summed E-state index contributed by atoms with van der Waals surface area (Å²) in [4.78, 5) is 0. The molecule has 0 radical (unpaired) electrons. The van der Waals surface area contributed by atoms with Crippen LogP contribution in [-0.4, -0.2) is 13.2 Å². The molecule has 0 unspecified atom stereocenters. The topological polar surface area (TPSA) is 0 Å². The Kier molecular flexibility index (Phi) is 13.4. The van der Waals surface area contributed by atoms with Gasteiger partial charge in [-0.15, -0.1) is 0 Å². The third-order valence-corrected chi connectivity index (χ3v) is 6.77. The van der Waals surface area contributed by atoms with Gasteiger partial charge in [0, 0.05) is 0 Å². The van der Waals surface area contributed by atoms with Crippen molar-refractivity contribution in [1.29, 1.82) is 0 Å². The van der Waals surface area contributed by atoms with Gasteiger partial charge in [-0.2, -0.15) is 0 Å². The largest absolute Gasteiger partial charge is 0.399 e. The lowest BCUT2D eigenvalue weighted by Crippen LogP contribution is -2.00. The quantitative estimate of drug-likeness (QED) is 0.221. The molecule has 0 saturated heterocycles. The summed E-state index contributed by atoms with van der Waals surface area (Å²) in [7, 11) is 6.24. The van der Waals surface area contributed by atoms with E-state index in [1.807, 2.05) is 0 Å². The van der Waals surface area contributed by atoms with E-state index in [-0.39, 0.29) is 0 Å². The summed E-state index contributed by atoms with van der Waals surface area (Å²) in [6, 6.07) is 0. The molecule has 0 saturated carbocycles. The Morgan fingerprint density at radius 2 is 1.53 bits per heavy atom. The van der Waals surface area contributed by atoms with Gasteiger partial charge in [0.25, 0.3) is 0 Å². The summed E-state index contributed by atoms with van der Waals surface area (Å²) in [5.41, 5.74) is 1.44. The van der Waals surface area contributed by atoms with E-state index in [1.165, 1.54) is 73.9 Å². The van der Waals surface area contributed by atoms with Crippen molar-refractivity contribution in [2.75, 3.05) is 0 Å². The number of allylic oxidation sites excluding steroid dienone is 1. The maximum absolute atomic E-state index is 6.24. The molecule has 0 aliphatic rings. The van der Waals surface area contributed by atoms with Crippen LogP contribution in [0.5, 0.6) is 0 Å². The molecule has 0 fully saturated rings. The van der Waals surface area contributed by atoms with E-state index in [0.29, 0.717) is 0 Å². The van der Waals surface area contributed by atoms with Crippen LogP contribution in [0.2, 0.25) is 10.6 Å². The highest BCUT2D eigenvalue weighted by molar-refractivity contribution is 7.06. The summed E-state index contributed by atoms with van der Waals surface area (Å²) in [5.74, 6) is 0. The molecule has 0 spiro atoms. The van der Waals surface area contributed by atoms with Gasteiger partial charge >= 0.3 is 13.2 Å². The minimum absolute atomic E-state index is 0.886. The Morgan fingerprint density at radius 1 is 0.941 bits per heavy atom. The van der Waals surface area contributed by atoms with Gasteiger partial charge in [0.05, 0.1) is 0 Å². The van der Waals surface area contributed by atoms with Crippen molar-refractivity contribution in [2.45, 2.75) is 82.2 Å². The Labute approximate surface area is 117 Å². The van der Waals surface area contributed by atoms with Gasteiger partial charge < -0.3 is 0 Å². The molecule has 0 aliphatic carbocycles. The van der Waals surface area contributed by atoms with E-state index < -0.39 is 13.2 Å². The van der Waals surface area contributed by atoms with Crippen LogP contribution >= 0.6 is 10.0 Å². The summed E-state index contributed by atoms with van der Waals surface area (Å²) in [6.45, 7) is 8.65. The van der Waals surface area contributed by atoms with Gasteiger partial charge in [0.1, 0.15) is 0 Å². The lowest BCUT2D eigenvalue weighted by atomic mass is 10.0. The number of hydrogen-bond donors (Lipinski definition) is 0. The zero-order chi connectivity index (χ0) is 12.9. The maximum atomic E-state index is 6.24. The molecule has 0 aliphatic heterocycles. The standard InChI is InChI=1S/C13H25.C2H5.Al.ClH/c1-4-6-7-8-9-10-11-12-13(3)5-2;1-2;;/h2-12H2,1H3;1H2,2H3;;1H/q;;+1;/p-1. The zero-order valence-corrected chi connectivity index (χ0v) is 13.9. The van der Waals surface area contributed by atoms with E-state index >= 15 is 0 Å². The third-order valence-electron chi connectivity index (χ3n) is 3.39. The van der Waals surface area contributed by atoms with Crippen LogP contribution in [-0.2, 0) is 0 Å². The second-order valence-electron chi connectivity index (χ2n) is 5.17. The average Bonchev–Trinajstić information content (AvgIpc) is 2.34. The fourth-order valence-corrected chi connectivity index (χ4v) is 3.48. The minimum Gasteiger partial charge on any atom is -0.261 e. The summed E-state index contributed by atoms with van der Waals surface area (Å²) in [6.07, 6.45) is 12.2. The van der Waals surface area contributed by atoms with Crippen molar-refractivity contribution >= 4 is 23.3 Å². The van der Waals surface area contributed by atoms with Crippen molar-refractivity contribution in [3.63, 3.8) is 0 Å². The Balaban J connectivity index is 3.22. The monoisotopic (exact) mass is 272 g/mol. The van der Waals surface area contributed by atoms with Crippen LogP contribution in [0.15, 0.2) is 12.2 Å². The predicted octanol–water partition coefficient (Wildman–Crippen LogP) is 6.32. The van der Waals surface area contributed by atoms with Gasteiger partial charge in [-0.05, 0) is 19.3 Å². The molecule has 17 heavy (non-hydrogen) atoms. The van der Waals surface area contributed by atoms with Crippen molar-refractivity contribution in [2.24, 2.45) is 0 Å². The Hall–Kier alpha value is 0.562. The van der Waals surface area contributed by atoms with Crippen molar-refractivity contribution in [3.8, 4) is 0 Å². The Morgan fingerprint density at radius 3 is 2.12 bits per heavy atom. The second kappa shape index (κ2) is 13.0. The van der Waals surface area contributed by atoms with E-state index in [4.69, 9.17) is 10.0 Å². The molecule has 2 heteroatoms. The zero-order valence-electron chi connectivity index (χ0n) is 11.9. The highest BCUT2D eigenvalue weighted by Crippen LogP contribution is 2.17. The molecular formula is C15H30AlCl. The van der Waals surface area contributed by atoms with Crippen molar-refractivity contribution in [3.05, 3.63) is 12.2 Å². The van der Waals surface area contributed by atoms with Crippen LogP contribution < -0.4 is 0 Å². The smallest absolute Gasteiger partial charge is 0.261 e. The Bertz CT molecular complexity index is 180. The molecular weight excluding hydrogens is 243 g/mol.